The summed E-state index contributed by atoms with van der Waals surface area (Å²) in [6, 6.07) is 5.59. The van der Waals surface area contributed by atoms with Crippen molar-refractivity contribution in [2.24, 2.45) is 4.99 Å². The van der Waals surface area contributed by atoms with E-state index in [0.29, 0.717) is 6.54 Å². The number of aliphatic imine (C=N–C) groups is 1. The first-order valence-electron chi connectivity index (χ1n) is 4.74. The molecule has 1 fully saturated rings. The van der Waals surface area contributed by atoms with Crippen molar-refractivity contribution in [1.82, 2.24) is 15.6 Å². The monoisotopic (exact) mass is 218 g/mol. The summed E-state index contributed by atoms with van der Waals surface area (Å²) in [5.74, 6) is -1.19. The molecule has 1 aliphatic rings. The second-order valence-corrected chi connectivity index (χ2v) is 3.34. The van der Waals surface area contributed by atoms with E-state index in [2.05, 4.69) is 20.6 Å². The minimum absolute atomic E-state index is 0.179. The highest BCUT2D eigenvalue weighted by atomic mass is 16.2. The summed E-state index contributed by atoms with van der Waals surface area (Å²) < 4.78 is 0. The predicted octanol–water partition coefficient (Wildman–Crippen LogP) is -0.508. The van der Waals surface area contributed by atoms with Crippen LogP contribution in [0, 0.1) is 6.92 Å². The van der Waals surface area contributed by atoms with Crippen LogP contribution in [0.4, 0.5) is 0 Å². The van der Waals surface area contributed by atoms with Crippen molar-refractivity contribution in [2.45, 2.75) is 13.5 Å². The van der Waals surface area contributed by atoms with E-state index in [1.165, 1.54) is 0 Å². The van der Waals surface area contributed by atoms with E-state index in [1.54, 1.807) is 0 Å². The third kappa shape index (κ3) is 2.22. The second-order valence-electron chi connectivity index (χ2n) is 3.34. The Hall–Kier alpha value is -2.24. The molecule has 2 rings (SSSR count). The number of aryl methyl sites for hydroxylation is 1. The van der Waals surface area contributed by atoms with Crippen molar-refractivity contribution in [1.29, 1.82) is 0 Å². The number of amides is 2. The van der Waals surface area contributed by atoms with Crippen LogP contribution in [0.5, 0.6) is 0 Å². The first-order chi connectivity index (χ1) is 7.65. The normalized spacial score (nSPS) is 14.7. The zero-order valence-corrected chi connectivity index (χ0v) is 8.65. The van der Waals surface area contributed by atoms with E-state index >= 15 is 0 Å². The smallest absolute Gasteiger partial charge is 0.288 e. The molecular formula is C10H10N4O2. The molecule has 2 amide bonds. The Bertz CT molecular complexity index is 463. The summed E-state index contributed by atoms with van der Waals surface area (Å²) >= 11 is 0. The maximum atomic E-state index is 10.8. The molecule has 0 aromatic carbocycles. The van der Waals surface area contributed by atoms with Crippen LogP contribution in [0.3, 0.4) is 0 Å². The fourth-order valence-electron chi connectivity index (χ4n) is 1.29. The molecule has 6 nitrogen and oxygen atoms in total. The number of guanidine groups is 1. The number of hydrogen-bond donors (Lipinski definition) is 2. The molecule has 6 heteroatoms. The molecule has 1 aliphatic heterocycles. The summed E-state index contributed by atoms with van der Waals surface area (Å²) in [7, 11) is 0. The minimum atomic E-state index is -0.684. The Labute approximate surface area is 91.8 Å². The Balaban J connectivity index is 2.05. The lowest BCUT2D eigenvalue weighted by Crippen LogP contribution is -2.25. The summed E-state index contributed by atoms with van der Waals surface area (Å²) in [5, 5.41) is 4.62. The highest BCUT2D eigenvalue weighted by molar-refractivity contribution is 6.45. The number of pyridine rings is 1. The summed E-state index contributed by atoms with van der Waals surface area (Å²) in [6.07, 6.45) is 0. The van der Waals surface area contributed by atoms with Gasteiger partial charge in [0.15, 0.2) is 0 Å². The van der Waals surface area contributed by atoms with E-state index in [0.717, 1.165) is 11.4 Å². The van der Waals surface area contributed by atoms with Gasteiger partial charge in [0.05, 0.1) is 12.2 Å². The predicted molar refractivity (Wildman–Crippen MR) is 56.4 cm³/mol. The first-order valence-corrected chi connectivity index (χ1v) is 4.74. The van der Waals surface area contributed by atoms with Gasteiger partial charge in [-0.25, -0.2) is 4.99 Å². The zero-order chi connectivity index (χ0) is 11.5. The van der Waals surface area contributed by atoms with Gasteiger partial charge in [0.25, 0.3) is 0 Å². The fraction of sp³-hybridized carbons (Fsp3) is 0.200. The number of nitrogens with one attached hydrogen (secondary N) is 2. The summed E-state index contributed by atoms with van der Waals surface area (Å²) in [5.41, 5.74) is 1.68. The molecule has 2 N–H and O–H groups in total. The number of rotatable bonds is 2. The lowest BCUT2D eigenvalue weighted by Gasteiger charge is -1.98. The Morgan fingerprint density at radius 2 is 1.94 bits per heavy atom. The number of hydrogen-bond acceptors (Lipinski definition) is 4. The van der Waals surface area contributed by atoms with Crippen molar-refractivity contribution in [3.63, 3.8) is 0 Å². The van der Waals surface area contributed by atoms with Gasteiger partial charge in [-0.2, -0.15) is 0 Å². The number of carbonyl (C=O) groups is 2. The topological polar surface area (TPSA) is 83.5 Å². The molecular weight excluding hydrogens is 208 g/mol. The maximum absolute atomic E-state index is 10.8. The van der Waals surface area contributed by atoms with Crippen LogP contribution < -0.4 is 10.6 Å². The summed E-state index contributed by atoms with van der Waals surface area (Å²) in [6.45, 7) is 2.20. The van der Waals surface area contributed by atoms with Crippen LogP contribution >= 0.6 is 0 Å². The standard InChI is InChI=1S/C10H10N4O2/c1-6-3-2-4-7(12-6)5-11-10-13-8(15)9(16)14-10/h2-4H,5H2,1H3,(H2,11,13,14,15,16). The average molecular weight is 218 g/mol. The van der Waals surface area contributed by atoms with Crippen LogP contribution in [-0.4, -0.2) is 22.8 Å². The van der Waals surface area contributed by atoms with E-state index in [1.807, 2.05) is 25.1 Å². The molecule has 2 heterocycles. The van der Waals surface area contributed by atoms with Crippen molar-refractivity contribution in [3.8, 4) is 0 Å². The third-order valence-corrected chi connectivity index (χ3v) is 2.02. The largest absolute Gasteiger partial charge is 0.316 e. The second kappa shape index (κ2) is 4.09. The minimum Gasteiger partial charge on any atom is -0.288 e. The van der Waals surface area contributed by atoms with E-state index in [-0.39, 0.29) is 5.96 Å². The molecule has 0 unspecified atom stereocenters. The Morgan fingerprint density at radius 1 is 1.25 bits per heavy atom. The molecule has 1 saturated heterocycles. The van der Waals surface area contributed by atoms with Gasteiger partial charge in [-0.1, -0.05) is 6.07 Å². The summed E-state index contributed by atoms with van der Waals surface area (Å²) in [4.78, 5) is 29.9. The van der Waals surface area contributed by atoms with E-state index < -0.39 is 11.8 Å². The lowest BCUT2D eigenvalue weighted by atomic mass is 10.3. The van der Waals surface area contributed by atoms with Gasteiger partial charge in [-0.3, -0.25) is 25.2 Å². The molecule has 16 heavy (non-hydrogen) atoms. The third-order valence-electron chi connectivity index (χ3n) is 2.02. The van der Waals surface area contributed by atoms with Crippen molar-refractivity contribution < 1.29 is 9.59 Å². The first kappa shape index (κ1) is 10.3. The van der Waals surface area contributed by atoms with Gasteiger partial charge in [0.2, 0.25) is 5.96 Å². The van der Waals surface area contributed by atoms with Gasteiger partial charge >= 0.3 is 11.8 Å². The Morgan fingerprint density at radius 3 is 2.56 bits per heavy atom. The van der Waals surface area contributed by atoms with Crippen LogP contribution in [0.1, 0.15) is 11.4 Å². The van der Waals surface area contributed by atoms with E-state index in [4.69, 9.17) is 0 Å². The fourth-order valence-corrected chi connectivity index (χ4v) is 1.29. The molecule has 0 aliphatic carbocycles. The van der Waals surface area contributed by atoms with Gasteiger partial charge in [-0.15, -0.1) is 0 Å². The quantitative estimate of drug-likeness (QED) is 0.656. The van der Waals surface area contributed by atoms with Crippen LogP contribution in [0.2, 0.25) is 0 Å². The molecule has 0 radical (unpaired) electrons. The van der Waals surface area contributed by atoms with Gasteiger partial charge in [0, 0.05) is 5.69 Å². The van der Waals surface area contributed by atoms with Crippen LogP contribution in [-0.2, 0) is 16.1 Å². The molecule has 0 bridgehead atoms. The lowest BCUT2D eigenvalue weighted by molar-refractivity contribution is -0.135. The number of nitrogens with zero attached hydrogens (tertiary/aromatic N) is 2. The van der Waals surface area contributed by atoms with Crippen molar-refractivity contribution in [3.05, 3.63) is 29.6 Å². The Kier molecular flexibility index (Phi) is 2.63. The molecule has 0 saturated carbocycles. The van der Waals surface area contributed by atoms with Gasteiger partial charge in [0.1, 0.15) is 0 Å². The van der Waals surface area contributed by atoms with Gasteiger partial charge in [-0.05, 0) is 19.1 Å². The average Bonchev–Trinajstić information content (AvgIpc) is 2.56. The van der Waals surface area contributed by atoms with Crippen LogP contribution in [0.25, 0.3) is 0 Å². The van der Waals surface area contributed by atoms with Gasteiger partial charge < -0.3 is 0 Å². The molecule has 0 atom stereocenters. The zero-order valence-electron chi connectivity index (χ0n) is 8.65. The van der Waals surface area contributed by atoms with Crippen molar-refractivity contribution >= 4 is 17.8 Å². The van der Waals surface area contributed by atoms with Crippen LogP contribution in [0.15, 0.2) is 23.2 Å². The highest BCUT2D eigenvalue weighted by Gasteiger charge is 2.24. The number of aromatic nitrogens is 1. The molecule has 1 aromatic heterocycles. The van der Waals surface area contributed by atoms with E-state index in [9.17, 15) is 9.59 Å². The molecule has 82 valence electrons. The maximum Gasteiger partial charge on any atom is 0.316 e. The SMILES string of the molecule is Cc1cccc(CN=C2NC(=O)C(=O)N2)n1. The highest BCUT2D eigenvalue weighted by Crippen LogP contribution is 1.99. The number of carbonyl (C=O) groups excluding carboxylic acids is 2. The van der Waals surface area contributed by atoms with Crippen molar-refractivity contribution in [2.75, 3.05) is 0 Å². The molecule has 0 spiro atoms. The molecule has 1 aromatic rings.